The van der Waals surface area contributed by atoms with Crippen molar-refractivity contribution in [1.29, 1.82) is 0 Å². The molecule has 1 aliphatic heterocycles. The first-order valence-electron chi connectivity index (χ1n) is 10.7. The molecule has 0 aliphatic carbocycles. The maximum atomic E-state index is 12.9. The number of benzene rings is 1. The molecule has 0 fully saturated rings. The van der Waals surface area contributed by atoms with Crippen LogP contribution in [-0.2, 0) is 14.8 Å². The molecule has 1 aromatic carbocycles. The second-order valence-electron chi connectivity index (χ2n) is 8.06. The van der Waals surface area contributed by atoms with Gasteiger partial charge in [0.2, 0.25) is 5.91 Å². The summed E-state index contributed by atoms with van der Waals surface area (Å²) in [6.45, 7) is 6.00. The van der Waals surface area contributed by atoms with Crippen molar-refractivity contribution in [3.63, 3.8) is 0 Å². The first kappa shape index (κ1) is 22.7. The van der Waals surface area contributed by atoms with E-state index in [0.29, 0.717) is 29.3 Å². The molecular formula is C23H26N6O3S. The topological polar surface area (TPSA) is 108 Å². The van der Waals surface area contributed by atoms with E-state index in [0.717, 1.165) is 0 Å². The molecule has 33 heavy (non-hydrogen) atoms. The van der Waals surface area contributed by atoms with E-state index in [9.17, 15) is 13.2 Å². The SMILES string of the molecule is CCC1C(=O)N(C)c2cnc(-c3ccncc3NS(=O)(=O)c3ccccc3)nc2N1C(C)C. The Morgan fingerprint density at radius 1 is 1.12 bits per heavy atom. The maximum Gasteiger partial charge on any atom is 0.261 e. The molecule has 0 saturated carbocycles. The number of anilines is 3. The quantitative estimate of drug-likeness (QED) is 0.594. The third kappa shape index (κ3) is 4.13. The van der Waals surface area contributed by atoms with Crippen LogP contribution in [-0.4, -0.2) is 48.4 Å². The Balaban J connectivity index is 1.80. The van der Waals surface area contributed by atoms with Crippen LogP contribution in [0.15, 0.2) is 59.9 Å². The smallest absolute Gasteiger partial charge is 0.261 e. The number of nitrogens with zero attached hydrogens (tertiary/aromatic N) is 5. The highest BCUT2D eigenvalue weighted by molar-refractivity contribution is 7.92. The van der Waals surface area contributed by atoms with Crippen LogP contribution in [0, 0.1) is 0 Å². The zero-order valence-electron chi connectivity index (χ0n) is 18.9. The molecule has 2 aromatic heterocycles. The van der Waals surface area contributed by atoms with E-state index in [1.807, 2.05) is 25.7 Å². The van der Waals surface area contributed by atoms with Crippen LogP contribution in [0.1, 0.15) is 27.2 Å². The highest BCUT2D eigenvalue weighted by Crippen LogP contribution is 2.37. The fourth-order valence-corrected chi connectivity index (χ4v) is 5.07. The molecule has 0 saturated heterocycles. The Kier molecular flexibility index (Phi) is 6.03. The predicted octanol–water partition coefficient (Wildman–Crippen LogP) is 3.31. The Morgan fingerprint density at radius 2 is 1.85 bits per heavy atom. The summed E-state index contributed by atoms with van der Waals surface area (Å²) in [7, 11) is -2.10. The van der Waals surface area contributed by atoms with Crippen LogP contribution >= 0.6 is 0 Å². The second kappa shape index (κ2) is 8.78. The minimum atomic E-state index is -3.82. The van der Waals surface area contributed by atoms with Gasteiger partial charge in [-0.05, 0) is 38.5 Å². The molecule has 172 valence electrons. The molecule has 1 aliphatic rings. The molecule has 4 rings (SSSR count). The average molecular weight is 467 g/mol. The number of hydrogen-bond acceptors (Lipinski definition) is 7. The van der Waals surface area contributed by atoms with Gasteiger partial charge in [-0.1, -0.05) is 25.1 Å². The summed E-state index contributed by atoms with van der Waals surface area (Å²) < 4.78 is 28.4. The van der Waals surface area contributed by atoms with Gasteiger partial charge in [-0.25, -0.2) is 18.4 Å². The van der Waals surface area contributed by atoms with Crippen LogP contribution in [0.2, 0.25) is 0 Å². The molecule has 1 amide bonds. The largest absolute Gasteiger partial charge is 0.340 e. The van der Waals surface area contributed by atoms with Gasteiger partial charge in [-0.15, -0.1) is 0 Å². The number of likely N-dealkylation sites (N-methyl/N-ethyl adjacent to an activating group) is 1. The van der Waals surface area contributed by atoms with Crippen molar-refractivity contribution in [2.24, 2.45) is 0 Å². The summed E-state index contributed by atoms with van der Waals surface area (Å²) in [5.41, 5.74) is 1.37. The Hall–Kier alpha value is -3.53. The van der Waals surface area contributed by atoms with E-state index in [2.05, 4.69) is 14.7 Å². The average Bonchev–Trinajstić information content (AvgIpc) is 2.81. The lowest BCUT2D eigenvalue weighted by atomic mass is 10.1. The van der Waals surface area contributed by atoms with Crippen molar-refractivity contribution in [2.75, 3.05) is 21.6 Å². The first-order valence-corrected chi connectivity index (χ1v) is 12.2. The van der Waals surface area contributed by atoms with Crippen molar-refractivity contribution in [1.82, 2.24) is 15.0 Å². The Morgan fingerprint density at radius 3 is 2.52 bits per heavy atom. The molecule has 10 heteroatoms. The van der Waals surface area contributed by atoms with Gasteiger partial charge < -0.3 is 9.80 Å². The minimum Gasteiger partial charge on any atom is -0.340 e. The van der Waals surface area contributed by atoms with Gasteiger partial charge in [0.1, 0.15) is 11.7 Å². The van der Waals surface area contributed by atoms with Gasteiger partial charge in [-0.3, -0.25) is 14.5 Å². The molecule has 3 heterocycles. The van der Waals surface area contributed by atoms with Gasteiger partial charge in [0.15, 0.2) is 11.6 Å². The van der Waals surface area contributed by atoms with Gasteiger partial charge in [-0.2, -0.15) is 0 Å². The zero-order chi connectivity index (χ0) is 23.8. The van der Waals surface area contributed by atoms with E-state index in [-0.39, 0.29) is 28.6 Å². The number of aromatic nitrogens is 3. The molecule has 9 nitrogen and oxygen atoms in total. The summed E-state index contributed by atoms with van der Waals surface area (Å²) in [5, 5.41) is 0. The normalized spacial score (nSPS) is 16.2. The van der Waals surface area contributed by atoms with E-state index < -0.39 is 10.0 Å². The van der Waals surface area contributed by atoms with Gasteiger partial charge in [0.05, 0.1) is 23.0 Å². The monoisotopic (exact) mass is 466 g/mol. The molecule has 1 unspecified atom stereocenters. The van der Waals surface area contributed by atoms with Gasteiger partial charge in [0, 0.05) is 24.8 Å². The minimum absolute atomic E-state index is 0.00438. The number of amides is 1. The van der Waals surface area contributed by atoms with E-state index >= 15 is 0 Å². The second-order valence-corrected chi connectivity index (χ2v) is 9.75. The van der Waals surface area contributed by atoms with E-state index in [1.165, 1.54) is 18.3 Å². The number of carbonyl (C=O) groups is 1. The van der Waals surface area contributed by atoms with Crippen molar-refractivity contribution in [3.8, 4) is 11.4 Å². The van der Waals surface area contributed by atoms with Crippen LogP contribution in [0.5, 0.6) is 0 Å². The highest BCUT2D eigenvalue weighted by Gasteiger charge is 2.38. The number of rotatable bonds is 6. The molecule has 0 radical (unpaired) electrons. The maximum absolute atomic E-state index is 12.9. The molecule has 1 atom stereocenters. The van der Waals surface area contributed by atoms with Crippen LogP contribution in [0.3, 0.4) is 0 Å². The number of sulfonamides is 1. The summed E-state index contributed by atoms with van der Waals surface area (Å²) in [5.74, 6) is 0.970. The summed E-state index contributed by atoms with van der Waals surface area (Å²) in [4.78, 5) is 29.9. The van der Waals surface area contributed by atoms with Crippen LogP contribution in [0.4, 0.5) is 17.2 Å². The Bertz CT molecular complexity index is 1280. The fourth-order valence-electron chi connectivity index (χ4n) is 3.98. The van der Waals surface area contributed by atoms with Crippen molar-refractivity contribution < 1.29 is 13.2 Å². The van der Waals surface area contributed by atoms with Crippen molar-refractivity contribution in [2.45, 2.75) is 44.2 Å². The number of fused-ring (bicyclic) bond motifs is 1. The zero-order valence-corrected chi connectivity index (χ0v) is 19.7. The fraction of sp³-hybridized carbons (Fsp3) is 0.304. The summed E-state index contributed by atoms with van der Waals surface area (Å²) in [6, 6.07) is 9.47. The number of carbonyl (C=O) groups excluding carboxylic acids is 1. The molecular weight excluding hydrogens is 440 g/mol. The highest BCUT2D eigenvalue weighted by atomic mass is 32.2. The van der Waals surface area contributed by atoms with Crippen molar-refractivity contribution >= 4 is 33.1 Å². The number of nitrogens with one attached hydrogen (secondary N) is 1. The lowest BCUT2D eigenvalue weighted by Crippen LogP contribution is -2.54. The lowest BCUT2D eigenvalue weighted by molar-refractivity contribution is -0.120. The van der Waals surface area contributed by atoms with Crippen LogP contribution in [0.25, 0.3) is 11.4 Å². The van der Waals surface area contributed by atoms with Crippen molar-refractivity contribution in [3.05, 3.63) is 55.0 Å². The van der Waals surface area contributed by atoms with Crippen LogP contribution < -0.4 is 14.5 Å². The predicted molar refractivity (Wildman–Crippen MR) is 128 cm³/mol. The third-order valence-corrected chi connectivity index (χ3v) is 6.99. The van der Waals surface area contributed by atoms with Gasteiger partial charge >= 0.3 is 0 Å². The molecule has 3 aromatic rings. The number of hydrogen-bond donors (Lipinski definition) is 1. The van der Waals surface area contributed by atoms with Gasteiger partial charge in [0.25, 0.3) is 10.0 Å². The molecule has 0 bridgehead atoms. The summed E-state index contributed by atoms with van der Waals surface area (Å²) in [6.07, 6.45) is 5.23. The molecule has 1 N–H and O–H groups in total. The third-order valence-electron chi connectivity index (χ3n) is 5.61. The lowest BCUT2D eigenvalue weighted by Gasteiger charge is -2.42. The summed E-state index contributed by atoms with van der Waals surface area (Å²) >= 11 is 0. The van der Waals surface area contributed by atoms with E-state index in [4.69, 9.17) is 4.98 Å². The standard InChI is InChI=1S/C23H26N6O3S/c1-5-19-23(30)28(4)20-14-25-21(26-22(20)29(19)15(2)3)17-11-12-24-13-18(17)27-33(31,32)16-9-7-6-8-10-16/h6-15,19,27H,5H2,1-4H3. The van der Waals surface area contributed by atoms with E-state index in [1.54, 1.807) is 48.6 Å². The Labute approximate surface area is 193 Å². The first-order chi connectivity index (χ1) is 15.7. The molecule has 0 spiro atoms. The number of pyridine rings is 1.